The van der Waals surface area contributed by atoms with Crippen molar-refractivity contribution in [2.75, 3.05) is 0 Å². The smallest absolute Gasteiger partial charge is 0.169 e. The van der Waals surface area contributed by atoms with E-state index in [1.54, 1.807) is 4.52 Å². The molecule has 0 saturated carbocycles. The average Bonchev–Trinajstić information content (AvgIpc) is 2.87. The Kier molecular flexibility index (Phi) is 2.73. The van der Waals surface area contributed by atoms with Crippen LogP contribution in [-0.4, -0.2) is 20.4 Å². The van der Waals surface area contributed by atoms with Gasteiger partial charge in [-0.25, -0.2) is 9.50 Å². The summed E-state index contributed by atoms with van der Waals surface area (Å²) < 4.78 is 1.78. The normalized spacial score (nSPS) is 14.1. The van der Waals surface area contributed by atoms with Gasteiger partial charge in [0.05, 0.1) is 17.8 Å². The van der Waals surface area contributed by atoms with Crippen molar-refractivity contribution >= 4 is 23.1 Å². The molecule has 1 aliphatic rings. The number of carbonyl (C=O) groups is 1. The van der Waals surface area contributed by atoms with Gasteiger partial charge in [0.15, 0.2) is 11.4 Å². The van der Waals surface area contributed by atoms with Crippen LogP contribution < -0.4 is 0 Å². The van der Waals surface area contributed by atoms with Crippen molar-refractivity contribution in [3.05, 3.63) is 64.6 Å². The van der Waals surface area contributed by atoms with E-state index in [9.17, 15) is 4.79 Å². The Hall–Kier alpha value is -2.75. The molecule has 0 aliphatic heterocycles. The Labute approximate surface area is 128 Å². The third kappa shape index (κ3) is 1.96. The van der Waals surface area contributed by atoms with Crippen LogP contribution in [0.25, 0.3) is 17.3 Å². The lowest BCUT2D eigenvalue weighted by atomic mass is 9.90. The highest BCUT2D eigenvalue weighted by Gasteiger charge is 2.23. The van der Waals surface area contributed by atoms with E-state index in [0.29, 0.717) is 6.42 Å². The predicted molar refractivity (Wildman–Crippen MR) is 85.5 cm³/mol. The molecule has 0 spiro atoms. The number of ketones is 1. The summed E-state index contributed by atoms with van der Waals surface area (Å²) >= 11 is 0. The summed E-state index contributed by atoms with van der Waals surface area (Å²) in [4.78, 5) is 17.0. The Morgan fingerprint density at radius 2 is 2.05 bits per heavy atom. The van der Waals surface area contributed by atoms with Crippen molar-refractivity contribution in [3.8, 4) is 0 Å². The highest BCUT2D eigenvalue weighted by molar-refractivity contribution is 6.27. The molecule has 0 amide bonds. The first-order valence-electron chi connectivity index (χ1n) is 7.28. The van der Waals surface area contributed by atoms with Crippen molar-refractivity contribution in [2.24, 2.45) is 0 Å². The maximum atomic E-state index is 12.6. The zero-order valence-corrected chi connectivity index (χ0v) is 12.5. The van der Waals surface area contributed by atoms with E-state index in [2.05, 4.69) is 10.1 Å². The zero-order valence-electron chi connectivity index (χ0n) is 12.5. The molecule has 4 rings (SSSR count). The second-order valence-electron chi connectivity index (χ2n) is 5.74. The van der Waals surface area contributed by atoms with Gasteiger partial charge in [0.1, 0.15) is 0 Å². The van der Waals surface area contributed by atoms with Gasteiger partial charge in [0, 0.05) is 23.4 Å². The lowest BCUT2D eigenvalue weighted by Gasteiger charge is -2.16. The van der Waals surface area contributed by atoms with Gasteiger partial charge in [0.25, 0.3) is 0 Å². The molecular weight excluding hydrogens is 274 g/mol. The number of hydrogen-bond donors (Lipinski definition) is 0. The summed E-state index contributed by atoms with van der Waals surface area (Å²) in [6.45, 7) is 3.96. The number of Topliss-reactive ketones (excluding diaryl/α,β-unsaturated/α-hetero) is 1. The van der Waals surface area contributed by atoms with E-state index in [-0.39, 0.29) is 5.78 Å². The third-order valence-corrected chi connectivity index (χ3v) is 3.99. The Bertz CT molecular complexity index is 950. The van der Waals surface area contributed by atoms with E-state index in [4.69, 9.17) is 0 Å². The number of aromatic nitrogens is 3. The molecule has 4 heteroatoms. The highest BCUT2D eigenvalue weighted by atomic mass is 16.1. The highest BCUT2D eigenvalue weighted by Crippen LogP contribution is 2.28. The van der Waals surface area contributed by atoms with Gasteiger partial charge in [0.2, 0.25) is 0 Å². The van der Waals surface area contributed by atoms with Crippen LogP contribution in [0.3, 0.4) is 0 Å². The van der Waals surface area contributed by atoms with Gasteiger partial charge in [-0.05, 0) is 25.5 Å². The molecule has 3 aromatic rings. The monoisotopic (exact) mass is 289 g/mol. The minimum Gasteiger partial charge on any atom is -0.294 e. The fraction of sp³-hybridized carbons (Fsp3) is 0.167. The van der Waals surface area contributed by atoms with Crippen molar-refractivity contribution in [1.82, 2.24) is 14.6 Å². The minimum absolute atomic E-state index is 0.124. The van der Waals surface area contributed by atoms with Crippen LogP contribution >= 0.6 is 0 Å². The topological polar surface area (TPSA) is 47.3 Å². The largest absolute Gasteiger partial charge is 0.294 e. The second-order valence-corrected chi connectivity index (χ2v) is 5.74. The van der Waals surface area contributed by atoms with Gasteiger partial charge >= 0.3 is 0 Å². The summed E-state index contributed by atoms with van der Waals surface area (Å²) in [6.07, 6.45) is 4.11. The first-order chi connectivity index (χ1) is 10.6. The molecule has 0 N–H and O–H groups in total. The first kappa shape index (κ1) is 13.0. The van der Waals surface area contributed by atoms with Gasteiger partial charge in [-0.3, -0.25) is 4.79 Å². The van der Waals surface area contributed by atoms with Crippen LogP contribution in [0.15, 0.2) is 36.5 Å². The summed E-state index contributed by atoms with van der Waals surface area (Å²) in [5, 5.41) is 4.45. The number of fused-ring (bicyclic) bond motifs is 3. The molecule has 0 unspecified atom stereocenters. The molecule has 0 atom stereocenters. The average molecular weight is 289 g/mol. The molecule has 22 heavy (non-hydrogen) atoms. The maximum Gasteiger partial charge on any atom is 0.169 e. The molecule has 1 aliphatic carbocycles. The van der Waals surface area contributed by atoms with Gasteiger partial charge < -0.3 is 0 Å². The second kappa shape index (κ2) is 4.63. The SMILES string of the molecule is Cc1cccc(C2=Cc3cnc4cc(C)nn4c3CC2=O)c1. The summed E-state index contributed by atoms with van der Waals surface area (Å²) in [6, 6.07) is 9.95. The van der Waals surface area contributed by atoms with Crippen LogP contribution in [0.5, 0.6) is 0 Å². The van der Waals surface area contributed by atoms with Crippen molar-refractivity contribution in [3.63, 3.8) is 0 Å². The first-order valence-corrected chi connectivity index (χ1v) is 7.28. The number of benzene rings is 1. The molecule has 0 bridgehead atoms. The molecule has 0 saturated heterocycles. The van der Waals surface area contributed by atoms with Crippen LogP contribution in [0.2, 0.25) is 0 Å². The Balaban J connectivity index is 1.92. The lowest BCUT2D eigenvalue weighted by molar-refractivity contribution is -0.113. The van der Waals surface area contributed by atoms with Gasteiger partial charge in [-0.1, -0.05) is 29.8 Å². The van der Waals surface area contributed by atoms with Crippen LogP contribution in [0, 0.1) is 13.8 Å². The predicted octanol–water partition coefficient (Wildman–Crippen LogP) is 3.01. The molecule has 1 aromatic carbocycles. The zero-order chi connectivity index (χ0) is 15.3. The molecule has 108 valence electrons. The summed E-state index contributed by atoms with van der Waals surface area (Å²) in [5.74, 6) is 0.124. The van der Waals surface area contributed by atoms with Gasteiger partial charge in [-0.2, -0.15) is 5.10 Å². The molecular formula is C18H15N3O. The van der Waals surface area contributed by atoms with Gasteiger partial charge in [-0.15, -0.1) is 0 Å². The van der Waals surface area contributed by atoms with Crippen LogP contribution in [0.1, 0.15) is 28.1 Å². The summed E-state index contributed by atoms with van der Waals surface area (Å²) in [7, 11) is 0. The van der Waals surface area contributed by atoms with Crippen LogP contribution in [-0.2, 0) is 11.2 Å². The van der Waals surface area contributed by atoms with Crippen molar-refractivity contribution in [2.45, 2.75) is 20.3 Å². The number of carbonyl (C=O) groups excluding carboxylic acids is 1. The molecule has 0 fully saturated rings. The fourth-order valence-electron chi connectivity index (χ4n) is 2.95. The van der Waals surface area contributed by atoms with Crippen LogP contribution in [0.4, 0.5) is 0 Å². The molecule has 0 radical (unpaired) electrons. The number of aryl methyl sites for hydroxylation is 2. The molecule has 2 aromatic heterocycles. The molecule has 4 nitrogen and oxygen atoms in total. The van der Waals surface area contributed by atoms with E-state index < -0.39 is 0 Å². The maximum absolute atomic E-state index is 12.6. The standard InChI is InChI=1S/C18H15N3O/c1-11-4-3-5-13(6-11)15-8-14-10-19-18-7-12(2)20-21(18)16(14)9-17(15)22/h3-8,10H,9H2,1-2H3. The minimum atomic E-state index is 0.124. The number of rotatable bonds is 1. The van der Waals surface area contributed by atoms with Crippen molar-refractivity contribution < 1.29 is 4.79 Å². The van der Waals surface area contributed by atoms with E-state index >= 15 is 0 Å². The van der Waals surface area contributed by atoms with E-state index in [1.165, 1.54) is 0 Å². The fourth-order valence-corrected chi connectivity index (χ4v) is 2.95. The van der Waals surface area contributed by atoms with E-state index in [0.717, 1.165) is 39.3 Å². The number of nitrogens with zero attached hydrogens (tertiary/aromatic N) is 3. The number of hydrogen-bond acceptors (Lipinski definition) is 3. The summed E-state index contributed by atoms with van der Waals surface area (Å²) in [5.41, 5.74) is 6.44. The van der Waals surface area contributed by atoms with Crippen molar-refractivity contribution in [1.29, 1.82) is 0 Å². The van der Waals surface area contributed by atoms with E-state index in [1.807, 2.05) is 56.5 Å². The Morgan fingerprint density at radius 3 is 2.86 bits per heavy atom. The lowest BCUT2D eigenvalue weighted by Crippen LogP contribution is -2.16. The Morgan fingerprint density at radius 1 is 1.18 bits per heavy atom. The third-order valence-electron chi connectivity index (χ3n) is 3.99. The molecule has 2 heterocycles. The quantitative estimate of drug-likeness (QED) is 0.692. The number of allylic oxidation sites excluding steroid dienone is 1.